The van der Waals surface area contributed by atoms with Gasteiger partial charge in [-0.05, 0) is 25.0 Å². The van der Waals surface area contributed by atoms with Gasteiger partial charge in [0.1, 0.15) is 0 Å². The van der Waals surface area contributed by atoms with Crippen molar-refractivity contribution in [2.75, 3.05) is 0 Å². The number of pyridine rings is 1. The fraction of sp³-hybridized carbons (Fsp3) is 0.357. The fourth-order valence-electron chi connectivity index (χ4n) is 1.83. The van der Waals surface area contributed by atoms with Crippen LogP contribution >= 0.6 is 0 Å². The zero-order valence-corrected chi connectivity index (χ0v) is 11.3. The Labute approximate surface area is 112 Å². The highest BCUT2D eigenvalue weighted by Crippen LogP contribution is 2.20. The molecule has 5 nitrogen and oxygen atoms in total. The highest BCUT2D eigenvalue weighted by molar-refractivity contribution is 5.91. The number of hydrogen-bond donors (Lipinski definition) is 1. The first kappa shape index (κ1) is 13.3. The number of nitrogens with one attached hydrogen (secondary N) is 1. The fourth-order valence-corrected chi connectivity index (χ4v) is 1.83. The number of aryl methyl sites for hydroxylation is 1. The molecule has 0 aliphatic rings. The zero-order chi connectivity index (χ0) is 13.8. The average molecular weight is 259 g/mol. The van der Waals surface area contributed by atoms with E-state index in [1.807, 2.05) is 32.0 Å². The molecular weight excluding hydrogens is 242 g/mol. The number of carbonyl (C=O) groups is 1. The van der Waals surface area contributed by atoms with Crippen LogP contribution in [0.3, 0.4) is 0 Å². The van der Waals surface area contributed by atoms with E-state index in [1.165, 1.54) is 0 Å². The molecule has 0 radical (unpaired) electrons. The lowest BCUT2D eigenvalue weighted by Crippen LogP contribution is -2.32. The average Bonchev–Trinajstić information content (AvgIpc) is 2.83. The highest BCUT2D eigenvalue weighted by atomic mass is 16.5. The molecule has 2 heterocycles. The molecule has 0 spiro atoms. The van der Waals surface area contributed by atoms with E-state index in [-0.39, 0.29) is 23.6 Å². The lowest BCUT2D eigenvalue weighted by molar-refractivity contribution is 0.0887. The van der Waals surface area contributed by atoms with E-state index in [9.17, 15) is 4.79 Å². The first-order chi connectivity index (χ1) is 9.08. The van der Waals surface area contributed by atoms with E-state index in [4.69, 9.17) is 4.52 Å². The molecule has 2 aromatic rings. The molecule has 0 bridgehead atoms. The van der Waals surface area contributed by atoms with Crippen molar-refractivity contribution in [3.8, 4) is 0 Å². The van der Waals surface area contributed by atoms with Gasteiger partial charge in [-0.3, -0.25) is 9.78 Å². The van der Waals surface area contributed by atoms with Crippen LogP contribution in [0.5, 0.6) is 0 Å². The van der Waals surface area contributed by atoms with Crippen LogP contribution in [-0.4, -0.2) is 16.0 Å². The summed E-state index contributed by atoms with van der Waals surface area (Å²) in [5.41, 5.74) is 1.52. The highest BCUT2D eigenvalue weighted by Gasteiger charge is 2.22. The number of aromatic nitrogens is 2. The Bertz CT molecular complexity index is 549. The minimum absolute atomic E-state index is 0.154. The summed E-state index contributed by atoms with van der Waals surface area (Å²) in [5.74, 6) is 0.173. The first-order valence-corrected chi connectivity index (χ1v) is 6.23. The third-order valence-electron chi connectivity index (χ3n) is 2.81. The number of rotatable bonds is 4. The van der Waals surface area contributed by atoms with Gasteiger partial charge in [0.2, 0.25) is 5.76 Å². The van der Waals surface area contributed by atoms with Crippen LogP contribution in [0.4, 0.5) is 0 Å². The molecule has 0 saturated heterocycles. The van der Waals surface area contributed by atoms with Crippen LogP contribution < -0.4 is 5.32 Å². The Morgan fingerprint density at radius 2 is 2.16 bits per heavy atom. The molecule has 1 unspecified atom stereocenters. The second kappa shape index (κ2) is 5.65. The Balaban J connectivity index is 2.16. The molecule has 19 heavy (non-hydrogen) atoms. The number of nitrogens with zero attached hydrogens (tertiary/aromatic N) is 2. The summed E-state index contributed by atoms with van der Waals surface area (Å²) < 4.78 is 4.96. The maximum atomic E-state index is 12.1. The molecule has 5 heteroatoms. The number of carbonyl (C=O) groups excluding carboxylic acids is 1. The van der Waals surface area contributed by atoms with Crippen molar-refractivity contribution in [2.45, 2.75) is 26.8 Å². The minimum atomic E-state index is -0.273. The molecule has 1 atom stereocenters. The minimum Gasteiger partial charge on any atom is -0.351 e. The van der Waals surface area contributed by atoms with E-state index in [1.54, 1.807) is 19.2 Å². The van der Waals surface area contributed by atoms with Crippen LogP contribution in [-0.2, 0) is 0 Å². The van der Waals surface area contributed by atoms with Crippen molar-refractivity contribution in [2.24, 2.45) is 5.92 Å². The summed E-state index contributed by atoms with van der Waals surface area (Å²) in [4.78, 5) is 16.4. The Hall–Kier alpha value is -2.17. The Morgan fingerprint density at radius 1 is 1.37 bits per heavy atom. The molecule has 0 aromatic carbocycles. The normalized spacial score (nSPS) is 12.4. The van der Waals surface area contributed by atoms with E-state index >= 15 is 0 Å². The number of hydrogen-bond acceptors (Lipinski definition) is 4. The first-order valence-electron chi connectivity index (χ1n) is 6.23. The van der Waals surface area contributed by atoms with E-state index in [0.29, 0.717) is 5.69 Å². The van der Waals surface area contributed by atoms with Crippen molar-refractivity contribution >= 4 is 5.91 Å². The summed E-state index contributed by atoms with van der Waals surface area (Å²) in [5, 5.41) is 6.64. The van der Waals surface area contributed by atoms with Gasteiger partial charge in [0.15, 0.2) is 0 Å². The van der Waals surface area contributed by atoms with Crippen molar-refractivity contribution in [3.05, 3.63) is 47.6 Å². The molecule has 1 N–H and O–H groups in total. The molecule has 1 amide bonds. The predicted molar refractivity (Wildman–Crippen MR) is 70.5 cm³/mol. The summed E-state index contributed by atoms with van der Waals surface area (Å²) in [6.07, 6.45) is 1.72. The van der Waals surface area contributed by atoms with Gasteiger partial charge in [0, 0.05) is 12.3 Å². The largest absolute Gasteiger partial charge is 0.351 e. The van der Waals surface area contributed by atoms with Gasteiger partial charge in [0.05, 0.1) is 17.4 Å². The van der Waals surface area contributed by atoms with Crippen molar-refractivity contribution < 1.29 is 9.32 Å². The van der Waals surface area contributed by atoms with Crippen molar-refractivity contribution in [1.29, 1.82) is 0 Å². The van der Waals surface area contributed by atoms with E-state index in [2.05, 4.69) is 15.5 Å². The summed E-state index contributed by atoms with van der Waals surface area (Å²) >= 11 is 0. The van der Waals surface area contributed by atoms with Crippen LogP contribution in [0.15, 0.2) is 35.0 Å². The molecular formula is C14H17N3O2. The Morgan fingerprint density at radius 3 is 2.68 bits per heavy atom. The second-order valence-corrected chi connectivity index (χ2v) is 4.78. The topological polar surface area (TPSA) is 68.0 Å². The van der Waals surface area contributed by atoms with Crippen LogP contribution in [0.1, 0.15) is 41.8 Å². The molecule has 0 fully saturated rings. The van der Waals surface area contributed by atoms with Crippen LogP contribution in [0.25, 0.3) is 0 Å². The van der Waals surface area contributed by atoms with E-state index in [0.717, 1.165) is 5.69 Å². The zero-order valence-electron chi connectivity index (χ0n) is 11.3. The summed E-state index contributed by atoms with van der Waals surface area (Å²) in [6.45, 7) is 5.84. The van der Waals surface area contributed by atoms with Crippen molar-refractivity contribution in [1.82, 2.24) is 15.5 Å². The van der Waals surface area contributed by atoms with E-state index < -0.39 is 0 Å². The third-order valence-corrected chi connectivity index (χ3v) is 2.81. The number of amides is 1. The van der Waals surface area contributed by atoms with Gasteiger partial charge in [0.25, 0.3) is 5.91 Å². The van der Waals surface area contributed by atoms with Gasteiger partial charge >= 0.3 is 0 Å². The van der Waals surface area contributed by atoms with Gasteiger partial charge < -0.3 is 9.84 Å². The molecule has 0 aliphatic carbocycles. The predicted octanol–water partition coefficient (Wildman–Crippen LogP) is 2.51. The van der Waals surface area contributed by atoms with Crippen molar-refractivity contribution in [3.63, 3.8) is 0 Å². The van der Waals surface area contributed by atoms with Gasteiger partial charge in [-0.15, -0.1) is 0 Å². The lowest BCUT2D eigenvalue weighted by atomic mass is 10.00. The standard InChI is InChI=1S/C14H17N3O2/c1-9(2)13(11-6-4-5-7-15-11)16-14(18)12-8-10(3)17-19-12/h4-9,13H,1-3H3,(H,16,18). The second-order valence-electron chi connectivity index (χ2n) is 4.78. The lowest BCUT2D eigenvalue weighted by Gasteiger charge is -2.21. The van der Waals surface area contributed by atoms with Crippen LogP contribution in [0, 0.1) is 12.8 Å². The summed E-state index contributed by atoms with van der Waals surface area (Å²) in [7, 11) is 0. The molecule has 100 valence electrons. The third kappa shape index (κ3) is 3.19. The van der Waals surface area contributed by atoms with Gasteiger partial charge in [-0.2, -0.15) is 0 Å². The summed E-state index contributed by atoms with van der Waals surface area (Å²) in [6, 6.07) is 7.12. The quantitative estimate of drug-likeness (QED) is 0.916. The monoisotopic (exact) mass is 259 g/mol. The van der Waals surface area contributed by atoms with Crippen LogP contribution in [0.2, 0.25) is 0 Å². The molecule has 2 rings (SSSR count). The Kier molecular flexibility index (Phi) is 3.94. The maximum Gasteiger partial charge on any atom is 0.290 e. The van der Waals surface area contributed by atoms with Gasteiger partial charge in [-0.1, -0.05) is 25.1 Å². The smallest absolute Gasteiger partial charge is 0.290 e. The molecule has 2 aromatic heterocycles. The molecule has 0 saturated carbocycles. The SMILES string of the molecule is Cc1cc(C(=O)NC(c2ccccn2)C(C)C)on1. The molecule has 0 aliphatic heterocycles. The maximum absolute atomic E-state index is 12.1. The van der Waals surface area contributed by atoms with Gasteiger partial charge in [-0.25, -0.2) is 0 Å².